The van der Waals surface area contributed by atoms with Crippen molar-refractivity contribution in [2.45, 2.75) is 4.90 Å². The van der Waals surface area contributed by atoms with Crippen molar-refractivity contribution in [1.82, 2.24) is 0 Å². The molecule has 0 aliphatic heterocycles. The van der Waals surface area contributed by atoms with Crippen LogP contribution in [0, 0.1) is 0 Å². The van der Waals surface area contributed by atoms with E-state index in [1.165, 1.54) is 12.1 Å². The van der Waals surface area contributed by atoms with E-state index in [0.29, 0.717) is 20.9 Å². The lowest BCUT2D eigenvalue weighted by Gasteiger charge is -2.10. The molecule has 2 aromatic rings. The molecule has 4 nitrogen and oxygen atoms in total. The number of nitrogen functional groups attached to an aromatic ring is 1. The molecular weight excluding hydrogens is 352 g/mol. The first kappa shape index (κ1) is 14.2. The van der Waals surface area contributed by atoms with E-state index in [4.69, 9.17) is 17.3 Å². The van der Waals surface area contributed by atoms with Gasteiger partial charge >= 0.3 is 0 Å². The number of benzene rings is 2. The van der Waals surface area contributed by atoms with Crippen LogP contribution in [-0.4, -0.2) is 8.42 Å². The molecule has 0 saturated heterocycles. The Bertz CT molecular complexity index is 719. The largest absolute Gasteiger partial charge is 0.399 e. The van der Waals surface area contributed by atoms with E-state index < -0.39 is 10.0 Å². The molecule has 0 aromatic heterocycles. The maximum atomic E-state index is 12.2. The first-order chi connectivity index (χ1) is 8.88. The fourth-order valence-electron chi connectivity index (χ4n) is 1.49. The van der Waals surface area contributed by atoms with Crippen LogP contribution in [0.15, 0.2) is 51.8 Å². The SMILES string of the molecule is Nc1ccc(Br)c(S(=O)(=O)Nc2cccc(Cl)c2)c1. The minimum atomic E-state index is -3.72. The molecule has 0 heterocycles. The van der Waals surface area contributed by atoms with Crippen LogP contribution in [0.3, 0.4) is 0 Å². The van der Waals surface area contributed by atoms with Crippen LogP contribution in [-0.2, 0) is 10.0 Å². The molecular formula is C12H10BrClN2O2S. The zero-order valence-corrected chi connectivity index (χ0v) is 12.8. The number of nitrogens with one attached hydrogen (secondary N) is 1. The Labute approximate surface area is 124 Å². The Morgan fingerprint density at radius 2 is 1.89 bits per heavy atom. The summed E-state index contributed by atoms with van der Waals surface area (Å²) in [4.78, 5) is 0.0764. The number of hydrogen-bond donors (Lipinski definition) is 2. The van der Waals surface area contributed by atoms with E-state index in [9.17, 15) is 8.42 Å². The molecule has 100 valence electrons. The zero-order chi connectivity index (χ0) is 14.0. The van der Waals surface area contributed by atoms with Crippen LogP contribution in [0.2, 0.25) is 5.02 Å². The fraction of sp³-hybridized carbons (Fsp3) is 0. The summed E-state index contributed by atoms with van der Waals surface area (Å²) in [5.41, 5.74) is 6.37. The third kappa shape index (κ3) is 3.40. The van der Waals surface area contributed by atoms with Crippen molar-refractivity contribution < 1.29 is 8.42 Å². The monoisotopic (exact) mass is 360 g/mol. The molecule has 0 bridgehead atoms. The number of anilines is 2. The van der Waals surface area contributed by atoms with Crippen molar-refractivity contribution >= 4 is 48.9 Å². The van der Waals surface area contributed by atoms with E-state index in [2.05, 4.69) is 20.7 Å². The summed E-state index contributed by atoms with van der Waals surface area (Å²) in [6.07, 6.45) is 0. The normalized spacial score (nSPS) is 11.3. The summed E-state index contributed by atoms with van der Waals surface area (Å²) in [5.74, 6) is 0. The van der Waals surface area contributed by atoms with Gasteiger partial charge in [0.25, 0.3) is 10.0 Å². The van der Waals surface area contributed by atoms with Crippen molar-refractivity contribution in [1.29, 1.82) is 0 Å². The number of nitrogens with two attached hydrogens (primary N) is 1. The lowest BCUT2D eigenvalue weighted by atomic mass is 10.3. The van der Waals surface area contributed by atoms with Gasteiger partial charge in [0.2, 0.25) is 0 Å². The molecule has 19 heavy (non-hydrogen) atoms. The summed E-state index contributed by atoms with van der Waals surface area (Å²) in [7, 11) is -3.72. The summed E-state index contributed by atoms with van der Waals surface area (Å²) >= 11 is 9.01. The van der Waals surface area contributed by atoms with E-state index in [0.717, 1.165) is 0 Å². The van der Waals surface area contributed by atoms with Crippen LogP contribution >= 0.6 is 27.5 Å². The van der Waals surface area contributed by atoms with Crippen LogP contribution in [0.25, 0.3) is 0 Å². The lowest BCUT2D eigenvalue weighted by molar-refractivity contribution is 0.601. The van der Waals surface area contributed by atoms with Crippen molar-refractivity contribution in [3.63, 3.8) is 0 Å². The van der Waals surface area contributed by atoms with Gasteiger partial charge in [-0.2, -0.15) is 0 Å². The maximum Gasteiger partial charge on any atom is 0.263 e. The first-order valence-corrected chi connectivity index (χ1v) is 7.87. The highest BCUT2D eigenvalue weighted by Crippen LogP contribution is 2.26. The summed E-state index contributed by atoms with van der Waals surface area (Å²) < 4.78 is 27.4. The quantitative estimate of drug-likeness (QED) is 0.822. The molecule has 0 unspecified atom stereocenters. The Balaban J connectivity index is 2.40. The molecule has 0 amide bonds. The fourth-order valence-corrected chi connectivity index (χ4v) is 3.73. The Kier molecular flexibility index (Phi) is 4.03. The van der Waals surface area contributed by atoms with Gasteiger partial charge in [-0.15, -0.1) is 0 Å². The average Bonchev–Trinajstić information content (AvgIpc) is 2.31. The topological polar surface area (TPSA) is 72.2 Å². The van der Waals surface area contributed by atoms with E-state index in [-0.39, 0.29) is 4.90 Å². The number of halogens is 2. The van der Waals surface area contributed by atoms with Gasteiger partial charge in [0.05, 0.1) is 5.69 Å². The predicted octanol–water partition coefficient (Wildman–Crippen LogP) is 3.49. The number of rotatable bonds is 3. The summed E-state index contributed by atoms with van der Waals surface area (Å²) in [6, 6.07) is 11.1. The zero-order valence-electron chi connectivity index (χ0n) is 9.60. The van der Waals surface area contributed by atoms with E-state index in [1.807, 2.05) is 0 Å². The molecule has 0 atom stereocenters. The number of sulfonamides is 1. The summed E-state index contributed by atoms with van der Waals surface area (Å²) in [6.45, 7) is 0. The van der Waals surface area contributed by atoms with E-state index >= 15 is 0 Å². The first-order valence-electron chi connectivity index (χ1n) is 5.22. The van der Waals surface area contributed by atoms with Gasteiger partial charge in [-0.1, -0.05) is 17.7 Å². The van der Waals surface area contributed by atoms with Crippen LogP contribution in [0.1, 0.15) is 0 Å². The van der Waals surface area contributed by atoms with Gasteiger partial charge in [-0.25, -0.2) is 8.42 Å². The van der Waals surface area contributed by atoms with Crippen LogP contribution < -0.4 is 10.5 Å². The summed E-state index contributed by atoms with van der Waals surface area (Å²) in [5, 5.41) is 0.451. The van der Waals surface area contributed by atoms with Crippen LogP contribution in [0.5, 0.6) is 0 Å². The molecule has 0 aliphatic carbocycles. The second kappa shape index (κ2) is 5.40. The number of hydrogen-bond acceptors (Lipinski definition) is 3. The Hall–Kier alpha value is -1.24. The highest BCUT2D eigenvalue weighted by Gasteiger charge is 2.18. The van der Waals surface area contributed by atoms with E-state index in [1.54, 1.807) is 30.3 Å². The Morgan fingerprint density at radius 1 is 1.16 bits per heavy atom. The van der Waals surface area contributed by atoms with Gasteiger partial charge in [0.15, 0.2) is 0 Å². The third-order valence-electron chi connectivity index (χ3n) is 2.32. The van der Waals surface area contributed by atoms with Gasteiger partial charge in [0, 0.05) is 15.2 Å². The second-order valence-electron chi connectivity index (χ2n) is 3.81. The standard InChI is InChI=1S/C12H10BrClN2O2S/c13-11-5-4-9(15)7-12(11)19(17,18)16-10-3-1-2-8(14)6-10/h1-7,16H,15H2. The highest BCUT2D eigenvalue weighted by atomic mass is 79.9. The van der Waals surface area contributed by atoms with Crippen molar-refractivity contribution in [3.05, 3.63) is 52.0 Å². The van der Waals surface area contributed by atoms with Crippen LogP contribution in [0.4, 0.5) is 11.4 Å². The highest BCUT2D eigenvalue weighted by molar-refractivity contribution is 9.10. The average molecular weight is 362 g/mol. The lowest BCUT2D eigenvalue weighted by Crippen LogP contribution is -2.13. The molecule has 0 spiro atoms. The molecule has 7 heteroatoms. The van der Waals surface area contributed by atoms with Crippen molar-refractivity contribution in [2.75, 3.05) is 10.5 Å². The molecule has 3 N–H and O–H groups in total. The maximum absolute atomic E-state index is 12.2. The minimum Gasteiger partial charge on any atom is -0.399 e. The van der Waals surface area contributed by atoms with Crippen molar-refractivity contribution in [2.24, 2.45) is 0 Å². The smallest absolute Gasteiger partial charge is 0.263 e. The van der Waals surface area contributed by atoms with Crippen molar-refractivity contribution in [3.8, 4) is 0 Å². The second-order valence-corrected chi connectivity index (χ2v) is 6.75. The molecule has 0 fully saturated rings. The van der Waals surface area contributed by atoms with Gasteiger partial charge in [0.1, 0.15) is 4.90 Å². The van der Waals surface area contributed by atoms with Gasteiger partial charge < -0.3 is 5.73 Å². The Morgan fingerprint density at radius 3 is 2.58 bits per heavy atom. The molecule has 0 radical (unpaired) electrons. The minimum absolute atomic E-state index is 0.0764. The molecule has 2 aromatic carbocycles. The third-order valence-corrected chi connectivity index (χ3v) is 4.93. The molecule has 0 aliphatic rings. The molecule has 0 saturated carbocycles. The predicted molar refractivity (Wildman–Crippen MR) is 80.8 cm³/mol. The molecule has 2 rings (SSSR count). The van der Waals surface area contributed by atoms with Gasteiger partial charge in [-0.3, -0.25) is 4.72 Å². The van der Waals surface area contributed by atoms with Gasteiger partial charge in [-0.05, 0) is 52.3 Å².